The zero-order valence-corrected chi connectivity index (χ0v) is 6.38. The highest BCUT2D eigenvalue weighted by Crippen LogP contribution is 2.40. The average molecular weight is 148 g/mol. The van der Waals surface area contributed by atoms with Crippen molar-refractivity contribution in [1.82, 2.24) is 0 Å². The van der Waals surface area contributed by atoms with Crippen molar-refractivity contribution >= 4 is 5.69 Å². The molecule has 1 aliphatic rings. The number of anilines is 1. The molecule has 0 amide bonds. The first-order valence-electron chi connectivity index (χ1n) is 3.97. The van der Waals surface area contributed by atoms with Crippen LogP contribution in [0.15, 0.2) is 24.3 Å². The van der Waals surface area contributed by atoms with Gasteiger partial charge in [-0.15, -0.1) is 0 Å². The molecule has 0 atom stereocenters. The van der Waals surface area contributed by atoms with E-state index in [4.69, 9.17) is 5.84 Å². The van der Waals surface area contributed by atoms with E-state index in [9.17, 15) is 0 Å². The van der Waals surface area contributed by atoms with E-state index in [1.54, 1.807) is 0 Å². The van der Waals surface area contributed by atoms with Crippen LogP contribution >= 0.6 is 0 Å². The Kier molecular flexibility index (Phi) is 1.55. The normalized spacial score (nSPS) is 16.5. The lowest BCUT2D eigenvalue weighted by atomic mass is 10.1. The number of nitrogen functional groups attached to an aromatic ring is 1. The van der Waals surface area contributed by atoms with Crippen LogP contribution in [0.1, 0.15) is 24.3 Å². The summed E-state index contributed by atoms with van der Waals surface area (Å²) in [7, 11) is 0. The van der Waals surface area contributed by atoms with E-state index >= 15 is 0 Å². The second kappa shape index (κ2) is 2.55. The highest BCUT2D eigenvalue weighted by atomic mass is 15.2. The molecule has 58 valence electrons. The molecule has 0 saturated heterocycles. The minimum absolute atomic E-state index is 0.809. The number of nitrogens with one attached hydrogen (secondary N) is 1. The van der Waals surface area contributed by atoms with Gasteiger partial charge < -0.3 is 5.43 Å². The van der Waals surface area contributed by atoms with Crippen molar-refractivity contribution in [3.05, 3.63) is 29.8 Å². The van der Waals surface area contributed by atoms with Crippen molar-refractivity contribution in [3.63, 3.8) is 0 Å². The van der Waals surface area contributed by atoms with Crippen LogP contribution in [0.5, 0.6) is 0 Å². The van der Waals surface area contributed by atoms with E-state index in [1.165, 1.54) is 18.4 Å². The maximum absolute atomic E-state index is 5.29. The van der Waals surface area contributed by atoms with Gasteiger partial charge in [0.15, 0.2) is 0 Å². The molecule has 1 aromatic carbocycles. The van der Waals surface area contributed by atoms with Gasteiger partial charge in [0, 0.05) is 5.69 Å². The third-order valence-corrected chi connectivity index (χ3v) is 2.10. The van der Waals surface area contributed by atoms with Crippen LogP contribution < -0.4 is 11.3 Å². The molecule has 0 aromatic heterocycles. The third kappa shape index (κ3) is 1.35. The Morgan fingerprint density at radius 2 is 2.18 bits per heavy atom. The highest BCUT2D eigenvalue weighted by Gasteiger charge is 2.23. The van der Waals surface area contributed by atoms with Crippen molar-refractivity contribution in [2.75, 3.05) is 5.43 Å². The lowest BCUT2D eigenvalue weighted by Crippen LogP contribution is -2.06. The maximum Gasteiger partial charge on any atom is 0.0487 e. The Bertz CT molecular complexity index is 253. The van der Waals surface area contributed by atoms with Gasteiger partial charge >= 0.3 is 0 Å². The van der Waals surface area contributed by atoms with E-state index in [2.05, 4.69) is 17.6 Å². The summed E-state index contributed by atoms with van der Waals surface area (Å²) < 4.78 is 0. The lowest BCUT2D eigenvalue weighted by molar-refractivity contribution is 1.13. The van der Waals surface area contributed by atoms with Gasteiger partial charge in [0.2, 0.25) is 0 Å². The number of rotatable bonds is 2. The van der Waals surface area contributed by atoms with Gasteiger partial charge in [0.1, 0.15) is 0 Å². The Hall–Kier alpha value is -1.02. The second-order valence-corrected chi connectivity index (χ2v) is 3.04. The predicted octanol–water partition coefficient (Wildman–Crippen LogP) is 1.85. The Morgan fingerprint density at radius 1 is 1.36 bits per heavy atom. The number of hydrogen-bond donors (Lipinski definition) is 2. The molecule has 11 heavy (non-hydrogen) atoms. The van der Waals surface area contributed by atoms with Gasteiger partial charge in [0.05, 0.1) is 0 Å². The van der Waals surface area contributed by atoms with Crippen LogP contribution in [-0.2, 0) is 0 Å². The molecule has 2 heteroatoms. The van der Waals surface area contributed by atoms with Gasteiger partial charge in [-0.2, -0.15) is 0 Å². The number of hydrogen-bond acceptors (Lipinski definition) is 2. The van der Waals surface area contributed by atoms with Gasteiger partial charge in [-0.3, -0.25) is 5.84 Å². The number of benzene rings is 1. The largest absolute Gasteiger partial charge is 0.324 e. The molecule has 1 aliphatic carbocycles. The van der Waals surface area contributed by atoms with Crippen LogP contribution in [0.3, 0.4) is 0 Å². The van der Waals surface area contributed by atoms with Crippen LogP contribution in [0, 0.1) is 0 Å². The van der Waals surface area contributed by atoms with Crippen LogP contribution in [-0.4, -0.2) is 0 Å². The maximum atomic E-state index is 5.29. The first kappa shape index (κ1) is 6.68. The molecule has 0 unspecified atom stereocenters. The summed E-state index contributed by atoms with van der Waals surface area (Å²) in [5.74, 6) is 6.10. The standard InChI is InChI=1S/C9H12N2/c10-11-9-3-1-2-8(6-9)7-4-5-7/h1-3,6-7,11H,4-5,10H2. The Morgan fingerprint density at radius 3 is 2.82 bits per heavy atom. The molecule has 0 bridgehead atoms. The van der Waals surface area contributed by atoms with Crippen LogP contribution in [0.4, 0.5) is 5.69 Å². The van der Waals surface area contributed by atoms with E-state index in [1.807, 2.05) is 12.1 Å². The van der Waals surface area contributed by atoms with Gasteiger partial charge in [-0.25, -0.2) is 0 Å². The van der Waals surface area contributed by atoms with Gasteiger partial charge in [0.25, 0.3) is 0 Å². The second-order valence-electron chi connectivity index (χ2n) is 3.04. The average Bonchev–Trinajstić information content (AvgIpc) is 2.87. The summed E-state index contributed by atoms with van der Waals surface area (Å²) in [4.78, 5) is 0. The zero-order chi connectivity index (χ0) is 7.68. The molecule has 1 aromatic rings. The van der Waals surface area contributed by atoms with E-state index in [0.29, 0.717) is 0 Å². The Balaban J connectivity index is 2.26. The van der Waals surface area contributed by atoms with Gasteiger partial charge in [-0.1, -0.05) is 12.1 Å². The topological polar surface area (TPSA) is 38.0 Å². The minimum atomic E-state index is 0.809. The SMILES string of the molecule is NNc1cccc(C2CC2)c1. The van der Waals surface area contributed by atoms with Crippen LogP contribution in [0.25, 0.3) is 0 Å². The first-order valence-corrected chi connectivity index (χ1v) is 3.97. The smallest absolute Gasteiger partial charge is 0.0487 e. The molecule has 0 spiro atoms. The molecule has 2 nitrogen and oxygen atoms in total. The molecule has 0 heterocycles. The fourth-order valence-corrected chi connectivity index (χ4v) is 1.30. The number of hydrazine groups is 1. The molecule has 1 saturated carbocycles. The third-order valence-electron chi connectivity index (χ3n) is 2.10. The van der Waals surface area contributed by atoms with Crippen molar-refractivity contribution < 1.29 is 0 Å². The molecular formula is C9H12N2. The molecule has 1 fully saturated rings. The summed E-state index contributed by atoms with van der Waals surface area (Å²) in [5.41, 5.74) is 5.08. The highest BCUT2D eigenvalue weighted by molar-refractivity contribution is 5.46. The van der Waals surface area contributed by atoms with E-state index in [0.717, 1.165) is 11.6 Å². The predicted molar refractivity (Wildman–Crippen MR) is 46.2 cm³/mol. The van der Waals surface area contributed by atoms with E-state index in [-0.39, 0.29) is 0 Å². The molecule has 0 radical (unpaired) electrons. The van der Waals surface area contributed by atoms with Crippen molar-refractivity contribution in [2.24, 2.45) is 5.84 Å². The first-order chi connectivity index (χ1) is 5.40. The number of nitrogens with two attached hydrogens (primary N) is 1. The van der Waals surface area contributed by atoms with Crippen molar-refractivity contribution in [3.8, 4) is 0 Å². The van der Waals surface area contributed by atoms with Gasteiger partial charge in [-0.05, 0) is 36.5 Å². The summed E-state index contributed by atoms with van der Waals surface area (Å²) in [6, 6.07) is 8.31. The summed E-state index contributed by atoms with van der Waals surface area (Å²) in [5, 5.41) is 0. The summed E-state index contributed by atoms with van der Waals surface area (Å²) >= 11 is 0. The molecule has 3 N–H and O–H groups in total. The van der Waals surface area contributed by atoms with Crippen molar-refractivity contribution in [2.45, 2.75) is 18.8 Å². The molecule has 2 rings (SSSR count). The summed E-state index contributed by atoms with van der Waals surface area (Å²) in [6.07, 6.45) is 2.68. The zero-order valence-electron chi connectivity index (χ0n) is 6.38. The van der Waals surface area contributed by atoms with Crippen molar-refractivity contribution in [1.29, 1.82) is 0 Å². The molecular weight excluding hydrogens is 136 g/mol. The summed E-state index contributed by atoms with van der Waals surface area (Å²) in [6.45, 7) is 0. The fraction of sp³-hybridized carbons (Fsp3) is 0.333. The minimum Gasteiger partial charge on any atom is -0.324 e. The lowest BCUT2D eigenvalue weighted by Gasteiger charge is -2.01. The fourth-order valence-electron chi connectivity index (χ4n) is 1.30. The van der Waals surface area contributed by atoms with E-state index < -0.39 is 0 Å². The quantitative estimate of drug-likeness (QED) is 0.496. The van der Waals surface area contributed by atoms with Crippen LogP contribution in [0.2, 0.25) is 0 Å². The Labute approximate surface area is 66.4 Å². The molecule has 0 aliphatic heterocycles. The monoisotopic (exact) mass is 148 g/mol.